The molecule has 0 radical (unpaired) electrons. The van der Waals surface area contributed by atoms with Crippen LogP contribution in [0, 0.1) is 34.3 Å². The lowest BCUT2D eigenvalue weighted by Crippen LogP contribution is -2.41. The lowest BCUT2D eigenvalue weighted by molar-refractivity contribution is -0.0804. The molecule has 420 valence electrons. The molecule has 2 saturated heterocycles. The number of nitrogens with zero attached hydrogens (tertiary/aromatic N) is 8. The minimum Gasteiger partial charge on any atom is -0.387 e. The second-order valence-corrected chi connectivity index (χ2v) is 21.2. The largest absolute Gasteiger partial charge is 0.475 e. The van der Waals surface area contributed by atoms with Crippen LogP contribution in [0.2, 0.25) is 0 Å². The highest BCUT2D eigenvalue weighted by Crippen LogP contribution is 2.52. The second-order valence-electron chi connectivity index (χ2n) is 19.5. The standard InChI is InChI=1S/C52H71F2N10O12P/c1-2-3-4-5-6-7-8-9-10-11-12-13-14-15-16-17-25-70-26-35(71-28-36-37(53)19-18-20-38(36)54)27-72-77(69,73-29-41-45(65)47(67)51(31-55,75-41)43-23-21-39-49(57)59-33-61-63(39)43)74-30-42-46(66)48(68)52(32-56,76-42)44-24-22-40-50(58)60-34-62-64(40)44/h18-24,33-35,41-42,45-48,65-68H,2-17,25-30H2,1H3,(H2,57,59,61)(H2,58,60,62)/t35-,41-,42-,45-,46-,47-,48-,51+,52+/m1/s1. The average Bonchev–Trinajstić information content (AvgIpc) is 4.35. The number of nitrogens with two attached hydrogens (primary N) is 2. The van der Waals surface area contributed by atoms with E-state index in [0.717, 1.165) is 50.5 Å². The van der Waals surface area contributed by atoms with Crippen LogP contribution in [0.25, 0.3) is 11.0 Å². The zero-order chi connectivity index (χ0) is 55.0. The molecule has 2 aliphatic heterocycles. The van der Waals surface area contributed by atoms with Crippen molar-refractivity contribution in [2.75, 3.05) is 44.5 Å². The van der Waals surface area contributed by atoms with Gasteiger partial charge >= 0.3 is 7.82 Å². The molecule has 5 aromatic rings. The highest BCUT2D eigenvalue weighted by Gasteiger charge is 2.59. The van der Waals surface area contributed by atoms with Gasteiger partial charge in [0.2, 0.25) is 11.2 Å². The van der Waals surface area contributed by atoms with Crippen LogP contribution in [0.15, 0.2) is 55.1 Å². The van der Waals surface area contributed by atoms with Crippen LogP contribution in [0.5, 0.6) is 0 Å². The molecule has 7 rings (SSSR count). The number of phosphoric acid groups is 1. The normalized spacial score (nSPS) is 24.0. The van der Waals surface area contributed by atoms with Crippen LogP contribution in [0.4, 0.5) is 20.4 Å². The number of rotatable bonds is 33. The van der Waals surface area contributed by atoms with Gasteiger partial charge in [-0.2, -0.15) is 20.7 Å². The van der Waals surface area contributed by atoms with Gasteiger partial charge in [0, 0.05) is 12.2 Å². The number of fused-ring (bicyclic) bond motifs is 2. The molecule has 9 atom stereocenters. The van der Waals surface area contributed by atoms with Gasteiger partial charge < -0.3 is 50.8 Å². The number of aliphatic hydroxyl groups is 4. The summed E-state index contributed by atoms with van der Waals surface area (Å²) < 4.78 is 88.2. The van der Waals surface area contributed by atoms with Gasteiger partial charge in [-0.15, -0.1) is 0 Å². The van der Waals surface area contributed by atoms with Crippen molar-refractivity contribution in [1.29, 1.82) is 10.5 Å². The Balaban J connectivity index is 1.01. The van der Waals surface area contributed by atoms with Crippen LogP contribution >= 0.6 is 7.82 Å². The van der Waals surface area contributed by atoms with E-state index in [4.69, 9.17) is 44.0 Å². The summed E-state index contributed by atoms with van der Waals surface area (Å²) in [6.07, 6.45) is 9.38. The van der Waals surface area contributed by atoms with E-state index in [0.29, 0.717) is 13.0 Å². The van der Waals surface area contributed by atoms with Gasteiger partial charge in [0.25, 0.3) is 0 Å². The molecule has 8 N–H and O–H groups in total. The summed E-state index contributed by atoms with van der Waals surface area (Å²) in [6, 6.07) is 12.9. The summed E-state index contributed by atoms with van der Waals surface area (Å²) in [4.78, 5) is 7.87. The van der Waals surface area contributed by atoms with E-state index in [-0.39, 0.29) is 46.2 Å². The van der Waals surface area contributed by atoms with Gasteiger partial charge in [0.05, 0.1) is 44.4 Å². The maximum absolute atomic E-state index is 14.9. The van der Waals surface area contributed by atoms with E-state index in [1.807, 2.05) is 12.1 Å². The van der Waals surface area contributed by atoms with Crippen LogP contribution < -0.4 is 11.5 Å². The SMILES string of the molecule is CCCCCCCCCCCCCCCCCCOC[C@H](COP(=O)(OC[C@H]1O[C@@](C#N)(c2ccc3c(N)ncnn23)[C@H](O)[C@@H]1O)OC[C@H]1O[C@@](C#N)(c2ccc3c(N)ncnn23)[C@H](O)[C@@H]1O)OCc1c(F)cccc1F. The average molecular weight is 1100 g/mol. The monoisotopic (exact) mass is 1100 g/mol. The topological polar surface area (TPSA) is 323 Å². The third-order valence-electron chi connectivity index (χ3n) is 14.2. The third kappa shape index (κ3) is 14.1. The molecule has 4 aromatic heterocycles. The van der Waals surface area contributed by atoms with Crippen LogP contribution in [-0.2, 0) is 54.9 Å². The van der Waals surface area contributed by atoms with Gasteiger partial charge in [-0.3, -0.25) is 13.6 Å². The van der Waals surface area contributed by atoms with Crippen molar-refractivity contribution < 1.29 is 66.3 Å². The number of unbranched alkanes of at least 4 members (excludes halogenated alkanes) is 15. The zero-order valence-electron chi connectivity index (χ0n) is 43.3. The smallest absolute Gasteiger partial charge is 0.387 e. The molecule has 22 nitrogen and oxygen atoms in total. The molecular weight excluding hydrogens is 1030 g/mol. The maximum atomic E-state index is 14.9. The van der Waals surface area contributed by atoms with E-state index in [1.54, 1.807) is 0 Å². The van der Waals surface area contributed by atoms with Crippen molar-refractivity contribution in [1.82, 2.24) is 29.2 Å². The predicted octanol–water partition coefficient (Wildman–Crippen LogP) is 6.62. The predicted molar refractivity (Wildman–Crippen MR) is 274 cm³/mol. The summed E-state index contributed by atoms with van der Waals surface area (Å²) in [5.41, 5.74) is 7.52. The first-order valence-electron chi connectivity index (χ1n) is 26.5. The Hall–Kier alpha value is -5.31. The fourth-order valence-electron chi connectivity index (χ4n) is 9.70. The maximum Gasteiger partial charge on any atom is 0.475 e. The molecule has 2 aliphatic rings. The van der Waals surface area contributed by atoms with E-state index >= 15 is 0 Å². The highest BCUT2D eigenvalue weighted by molar-refractivity contribution is 7.48. The molecule has 0 unspecified atom stereocenters. The molecular formula is C52H71F2N10O12P. The van der Waals surface area contributed by atoms with Crippen molar-refractivity contribution in [2.24, 2.45) is 0 Å². The number of ether oxygens (including phenoxy) is 4. The molecule has 0 aliphatic carbocycles. The summed E-state index contributed by atoms with van der Waals surface area (Å²) in [6.45, 7) is -0.701. The first kappa shape index (κ1) is 59.4. The molecule has 0 bridgehead atoms. The molecule has 6 heterocycles. The fraction of sp³-hybridized carbons (Fsp3) is 0.615. The number of aliphatic hydroxyl groups excluding tert-OH is 4. The van der Waals surface area contributed by atoms with Crippen molar-refractivity contribution >= 4 is 30.5 Å². The molecule has 25 heteroatoms. The molecule has 0 saturated carbocycles. The van der Waals surface area contributed by atoms with Crippen molar-refractivity contribution in [2.45, 2.75) is 170 Å². The van der Waals surface area contributed by atoms with Crippen molar-refractivity contribution in [3.63, 3.8) is 0 Å². The number of halogens is 2. The minimum atomic E-state index is -5.06. The minimum absolute atomic E-state index is 0.0310. The Kier molecular flexibility index (Phi) is 21.6. The van der Waals surface area contributed by atoms with Crippen molar-refractivity contribution in [3.8, 4) is 12.1 Å². The summed E-state index contributed by atoms with van der Waals surface area (Å²) >= 11 is 0. The lowest BCUT2D eigenvalue weighted by atomic mass is 9.92. The van der Waals surface area contributed by atoms with Crippen LogP contribution in [0.1, 0.15) is 127 Å². The van der Waals surface area contributed by atoms with E-state index in [9.17, 15) is 44.3 Å². The molecule has 0 amide bonds. The number of hydrogen-bond donors (Lipinski definition) is 6. The summed E-state index contributed by atoms with van der Waals surface area (Å²) in [5, 5.41) is 74.7. The van der Waals surface area contributed by atoms with Gasteiger partial charge in [-0.25, -0.2) is 32.3 Å². The van der Waals surface area contributed by atoms with Gasteiger partial charge in [0.15, 0.2) is 11.6 Å². The van der Waals surface area contributed by atoms with E-state index in [1.165, 1.54) is 110 Å². The Labute approximate surface area is 445 Å². The van der Waals surface area contributed by atoms with Crippen LogP contribution in [0.3, 0.4) is 0 Å². The number of anilines is 2. The Bertz CT molecular complexity index is 2670. The zero-order valence-corrected chi connectivity index (χ0v) is 44.2. The first-order valence-corrected chi connectivity index (χ1v) is 27.9. The molecule has 77 heavy (non-hydrogen) atoms. The summed E-state index contributed by atoms with van der Waals surface area (Å²) in [5.74, 6) is -1.65. The molecule has 1 aromatic carbocycles. The third-order valence-corrected chi connectivity index (χ3v) is 15.6. The van der Waals surface area contributed by atoms with Crippen molar-refractivity contribution in [3.05, 3.63) is 83.7 Å². The Morgan fingerprint density at radius 3 is 1.56 bits per heavy atom. The van der Waals surface area contributed by atoms with Gasteiger partial charge in [-0.1, -0.05) is 109 Å². The van der Waals surface area contributed by atoms with Gasteiger partial charge in [0.1, 0.15) is 90.2 Å². The molecule has 0 spiro atoms. The number of hydrogen-bond acceptors (Lipinski definition) is 20. The van der Waals surface area contributed by atoms with Crippen LogP contribution in [-0.4, -0.2) is 125 Å². The second kappa shape index (κ2) is 28.0. The number of nitriles is 2. The Morgan fingerprint density at radius 1 is 0.675 bits per heavy atom. The lowest BCUT2D eigenvalue weighted by Gasteiger charge is -2.26. The first-order chi connectivity index (χ1) is 37.2. The van der Waals surface area contributed by atoms with E-state index < -0.39 is 99.8 Å². The fourth-order valence-corrected chi connectivity index (χ4v) is 10.9. The highest BCUT2D eigenvalue weighted by atomic mass is 31.2. The number of phosphoric ester groups is 1. The Morgan fingerprint density at radius 2 is 1.12 bits per heavy atom. The summed E-state index contributed by atoms with van der Waals surface area (Å²) in [7, 11) is -5.06. The number of nitrogen functional groups attached to an aromatic ring is 2. The number of aromatic nitrogens is 6. The quantitative estimate of drug-likeness (QED) is 0.0190. The molecule has 2 fully saturated rings. The van der Waals surface area contributed by atoms with Gasteiger partial charge in [-0.05, 0) is 42.8 Å². The van der Waals surface area contributed by atoms with E-state index in [2.05, 4.69) is 27.1 Å². The number of benzene rings is 1.